The monoisotopic (exact) mass is 402 g/mol. The first-order valence-corrected chi connectivity index (χ1v) is 9.23. The lowest BCUT2D eigenvalue weighted by Crippen LogP contribution is -1.99. The summed E-state index contributed by atoms with van der Waals surface area (Å²) < 4.78 is 23.5. The first-order chi connectivity index (χ1) is 9.61. The first kappa shape index (κ1) is 17.2. The minimum atomic E-state index is -3.54. The predicted octanol–water partition coefficient (Wildman–Crippen LogP) is 6.02. The molecule has 0 radical (unpaired) electrons. The van der Waals surface area contributed by atoms with Crippen molar-refractivity contribution in [2.45, 2.75) is 4.90 Å². The van der Waals surface area contributed by atoms with E-state index in [1.54, 1.807) is 0 Å². The number of halogens is 5. The second-order valence-corrected chi connectivity index (χ2v) is 8.30. The van der Waals surface area contributed by atoms with Gasteiger partial charge in [0.1, 0.15) is 0 Å². The molecule has 21 heavy (non-hydrogen) atoms. The van der Waals surface area contributed by atoms with E-state index in [2.05, 4.69) is 0 Å². The largest absolute Gasteiger partial charge is 0.224 e. The van der Waals surface area contributed by atoms with Crippen molar-refractivity contribution in [2.24, 2.45) is 0 Å². The minimum Gasteiger partial charge on any atom is -0.224 e. The molecule has 2 aromatic rings. The highest BCUT2D eigenvalue weighted by molar-refractivity contribution is 7.90. The number of hydrogen-bond donors (Lipinski definition) is 0. The average molecular weight is 405 g/mol. The summed E-state index contributed by atoms with van der Waals surface area (Å²) in [6, 6.07) is 5.77. The van der Waals surface area contributed by atoms with E-state index < -0.39 is 9.84 Å². The van der Waals surface area contributed by atoms with Crippen molar-refractivity contribution in [2.75, 3.05) is 6.26 Å². The Labute approximate surface area is 147 Å². The van der Waals surface area contributed by atoms with Gasteiger partial charge in [-0.25, -0.2) is 8.42 Å². The van der Waals surface area contributed by atoms with Crippen molar-refractivity contribution >= 4 is 67.8 Å². The zero-order chi connectivity index (χ0) is 15.9. The Balaban J connectivity index is 2.83. The molecule has 0 aromatic heterocycles. The van der Waals surface area contributed by atoms with Gasteiger partial charge in [-0.05, 0) is 24.3 Å². The van der Waals surface area contributed by atoms with Crippen LogP contribution < -0.4 is 0 Å². The molecule has 0 aliphatic heterocycles. The molecule has 2 rings (SSSR count). The fourth-order valence-corrected chi connectivity index (χ4v) is 4.10. The summed E-state index contributed by atoms with van der Waals surface area (Å²) >= 11 is 30.1. The van der Waals surface area contributed by atoms with E-state index >= 15 is 0 Å². The third-order valence-corrected chi connectivity index (χ3v) is 5.60. The van der Waals surface area contributed by atoms with Gasteiger partial charge in [0.25, 0.3) is 0 Å². The molecule has 112 valence electrons. The molecule has 0 atom stereocenters. The maximum atomic E-state index is 11.8. The van der Waals surface area contributed by atoms with Crippen LogP contribution in [-0.2, 0) is 9.84 Å². The fraction of sp³-hybridized carbons (Fsp3) is 0.0769. The highest BCUT2D eigenvalue weighted by atomic mass is 35.5. The molecule has 8 heteroatoms. The molecule has 0 heterocycles. The molecule has 0 spiro atoms. The Kier molecular flexibility index (Phi) is 5.04. The van der Waals surface area contributed by atoms with E-state index in [0.29, 0.717) is 11.1 Å². The Morgan fingerprint density at radius 1 is 0.762 bits per heavy atom. The summed E-state index contributed by atoms with van der Waals surface area (Å²) in [7, 11) is -3.54. The van der Waals surface area contributed by atoms with Crippen molar-refractivity contribution in [3.63, 3.8) is 0 Å². The van der Waals surface area contributed by atoms with Crippen LogP contribution in [0, 0.1) is 0 Å². The van der Waals surface area contributed by atoms with Crippen LogP contribution >= 0.6 is 58.0 Å². The van der Waals surface area contributed by atoms with Crippen LogP contribution in [0.5, 0.6) is 0 Å². The zero-order valence-electron chi connectivity index (χ0n) is 10.4. The summed E-state index contributed by atoms with van der Waals surface area (Å²) in [5.41, 5.74) is 0.816. The Hall–Kier alpha value is -0.160. The van der Waals surface area contributed by atoms with E-state index in [1.807, 2.05) is 0 Å². The second kappa shape index (κ2) is 6.15. The maximum absolute atomic E-state index is 11.8. The molecule has 0 aliphatic carbocycles. The lowest BCUT2D eigenvalue weighted by atomic mass is 10.1. The van der Waals surface area contributed by atoms with Gasteiger partial charge in [0.15, 0.2) is 9.84 Å². The third kappa shape index (κ3) is 3.61. The van der Waals surface area contributed by atoms with Crippen molar-refractivity contribution in [3.8, 4) is 11.1 Å². The molecule has 2 aromatic carbocycles. The van der Waals surface area contributed by atoms with Crippen molar-refractivity contribution < 1.29 is 8.42 Å². The van der Waals surface area contributed by atoms with Gasteiger partial charge < -0.3 is 0 Å². The standard InChI is InChI=1S/C13H7Cl5O2S/c1-21(19,20)12-3-6(14)2-8(13(12)18)7-4-10(16)11(17)5-9(7)15/h2-5H,1H3. The Morgan fingerprint density at radius 3 is 1.90 bits per heavy atom. The molecular formula is C13H7Cl5O2S. The second-order valence-electron chi connectivity index (χ2n) is 4.28. The van der Waals surface area contributed by atoms with Crippen LogP contribution in [0.15, 0.2) is 29.2 Å². The molecule has 0 bridgehead atoms. The first-order valence-electron chi connectivity index (χ1n) is 5.45. The lowest BCUT2D eigenvalue weighted by molar-refractivity contribution is 0.602. The quantitative estimate of drug-likeness (QED) is 0.573. The Bertz CT molecular complexity index is 831. The van der Waals surface area contributed by atoms with Crippen molar-refractivity contribution in [1.29, 1.82) is 0 Å². The summed E-state index contributed by atoms with van der Waals surface area (Å²) in [4.78, 5) is -0.0752. The van der Waals surface area contributed by atoms with Gasteiger partial charge in [-0.2, -0.15) is 0 Å². The highest BCUT2D eigenvalue weighted by Gasteiger charge is 2.20. The summed E-state index contributed by atoms with van der Waals surface area (Å²) in [6.07, 6.45) is 1.05. The van der Waals surface area contributed by atoms with Crippen LogP contribution in [0.2, 0.25) is 25.1 Å². The predicted molar refractivity (Wildman–Crippen MR) is 90.0 cm³/mol. The van der Waals surface area contributed by atoms with Crippen LogP contribution in [-0.4, -0.2) is 14.7 Å². The third-order valence-electron chi connectivity index (χ3n) is 2.70. The van der Waals surface area contributed by atoms with Crippen molar-refractivity contribution in [1.82, 2.24) is 0 Å². The molecule has 0 aliphatic rings. The van der Waals surface area contributed by atoms with Gasteiger partial charge in [-0.3, -0.25) is 0 Å². The van der Waals surface area contributed by atoms with E-state index in [-0.39, 0.29) is 30.0 Å². The number of rotatable bonds is 2. The molecule has 0 saturated heterocycles. The van der Waals surface area contributed by atoms with Gasteiger partial charge >= 0.3 is 0 Å². The van der Waals surface area contributed by atoms with Crippen LogP contribution in [0.25, 0.3) is 11.1 Å². The van der Waals surface area contributed by atoms with E-state index in [4.69, 9.17) is 58.0 Å². The number of sulfone groups is 1. The number of hydrogen-bond acceptors (Lipinski definition) is 2. The van der Waals surface area contributed by atoms with Gasteiger partial charge in [-0.1, -0.05) is 58.0 Å². The fourth-order valence-electron chi connectivity index (χ4n) is 1.76. The molecule has 0 fully saturated rings. The summed E-state index contributed by atoms with van der Waals surface area (Å²) in [5.74, 6) is 0. The normalized spacial score (nSPS) is 11.7. The average Bonchev–Trinajstić information content (AvgIpc) is 2.35. The van der Waals surface area contributed by atoms with Gasteiger partial charge in [0.2, 0.25) is 0 Å². The summed E-state index contributed by atoms with van der Waals surface area (Å²) in [6.45, 7) is 0. The highest BCUT2D eigenvalue weighted by Crippen LogP contribution is 2.41. The van der Waals surface area contributed by atoms with Crippen molar-refractivity contribution in [3.05, 3.63) is 49.4 Å². The maximum Gasteiger partial charge on any atom is 0.177 e. The summed E-state index contributed by atoms with van der Waals surface area (Å²) in [5, 5.41) is 1.09. The van der Waals surface area contributed by atoms with E-state index in [1.165, 1.54) is 24.3 Å². The molecule has 0 amide bonds. The molecular weight excluding hydrogens is 397 g/mol. The van der Waals surface area contributed by atoms with Crippen LogP contribution in [0.4, 0.5) is 0 Å². The van der Waals surface area contributed by atoms with E-state index in [0.717, 1.165) is 6.26 Å². The smallest absolute Gasteiger partial charge is 0.177 e. The SMILES string of the molecule is CS(=O)(=O)c1cc(Cl)cc(-c2cc(Cl)c(Cl)cc2Cl)c1Cl. The molecule has 0 N–H and O–H groups in total. The van der Waals surface area contributed by atoms with Gasteiger partial charge in [0, 0.05) is 22.4 Å². The van der Waals surface area contributed by atoms with Gasteiger partial charge in [0.05, 0.1) is 25.0 Å². The topological polar surface area (TPSA) is 34.1 Å². The minimum absolute atomic E-state index is 0.0298. The lowest BCUT2D eigenvalue weighted by Gasteiger charge is -2.12. The molecule has 0 unspecified atom stereocenters. The molecule has 0 saturated carbocycles. The Morgan fingerprint density at radius 2 is 1.33 bits per heavy atom. The van der Waals surface area contributed by atoms with E-state index in [9.17, 15) is 8.42 Å². The number of benzene rings is 2. The van der Waals surface area contributed by atoms with Crippen LogP contribution in [0.1, 0.15) is 0 Å². The van der Waals surface area contributed by atoms with Crippen LogP contribution in [0.3, 0.4) is 0 Å². The van der Waals surface area contributed by atoms with Gasteiger partial charge in [-0.15, -0.1) is 0 Å². The zero-order valence-corrected chi connectivity index (χ0v) is 15.0. The molecule has 2 nitrogen and oxygen atoms in total.